The Morgan fingerprint density at radius 2 is 1.26 bits per heavy atom. The Kier molecular flexibility index (Phi) is 24.8. The van der Waals surface area contributed by atoms with Crippen molar-refractivity contribution < 1.29 is 71.9 Å². The zero-order chi connectivity index (χ0) is 65.8. The first-order valence-electron chi connectivity index (χ1n) is 30.3. The number of hydrogen-bond acceptors (Lipinski definition) is 16. The second kappa shape index (κ2) is 32.8. The minimum absolute atomic E-state index is 0.000932. The number of methoxy groups -OCH3 is 2. The van der Waals surface area contributed by atoms with Crippen molar-refractivity contribution in [3.8, 4) is 23.0 Å². The van der Waals surface area contributed by atoms with Gasteiger partial charge in [-0.25, -0.2) is 9.59 Å². The highest BCUT2D eigenvalue weighted by atomic mass is 16.5. The van der Waals surface area contributed by atoms with Crippen LogP contribution in [0.5, 0.6) is 23.0 Å². The molecule has 0 aliphatic carbocycles. The van der Waals surface area contributed by atoms with E-state index in [1.807, 2.05) is 35.2 Å². The Balaban J connectivity index is 1.22. The van der Waals surface area contributed by atoms with Gasteiger partial charge in [0.1, 0.15) is 48.4 Å². The molecule has 22 heteroatoms. The van der Waals surface area contributed by atoms with Gasteiger partial charge < -0.3 is 63.9 Å². The maximum Gasteiger partial charge on any atom is 0.330 e. The van der Waals surface area contributed by atoms with Crippen molar-refractivity contribution >= 4 is 53.2 Å². The predicted octanol–water partition coefficient (Wildman–Crippen LogP) is 5.08. The monoisotopic (exact) mass is 1250 g/mol. The molecule has 2 aliphatic rings. The molecule has 1 saturated heterocycles. The average molecular weight is 1250 g/mol. The van der Waals surface area contributed by atoms with Crippen molar-refractivity contribution in [3.05, 3.63) is 167 Å². The van der Waals surface area contributed by atoms with E-state index in [2.05, 4.69) is 10.6 Å². The number of hydrogen-bond donors (Lipinski definition) is 3. The molecule has 2 heterocycles. The molecule has 2 bridgehead atoms. The molecular formula is C69H83N7O15. The summed E-state index contributed by atoms with van der Waals surface area (Å²) in [5.74, 6) is -5.27. The van der Waals surface area contributed by atoms with Crippen molar-refractivity contribution in [2.75, 3.05) is 88.3 Å². The lowest BCUT2D eigenvalue weighted by Crippen LogP contribution is -2.60. The number of Topliss-reactive ketones (excluding diaryl/α,β-unsaturated/α-hetero) is 1. The van der Waals surface area contributed by atoms with Gasteiger partial charge in [0.05, 0.1) is 26.2 Å². The fraction of sp³-hybridized carbons (Fsp3) is 0.406. The van der Waals surface area contributed by atoms with Crippen molar-refractivity contribution in [1.82, 2.24) is 35.1 Å². The summed E-state index contributed by atoms with van der Waals surface area (Å²) < 4.78 is 29.1. The molecule has 22 nitrogen and oxygen atoms in total. The highest BCUT2D eigenvalue weighted by Gasteiger charge is 2.44. The number of aryl methyl sites for hydroxylation is 2. The Hall–Kier alpha value is -9.57. The third kappa shape index (κ3) is 19.7. The lowest BCUT2D eigenvalue weighted by atomic mass is 9.87. The number of ketones is 1. The Morgan fingerprint density at radius 1 is 0.637 bits per heavy atom. The SMILES string of the molecule is COc1ccc(CC[C@H]2OC(=O)[C@@H]3CN(C)CCN3C(=O)C(=O)C(C)(C)COC(=O)C=CCCN(C)C(=O)[C@@H](Cc3ccccc3)NC(=O)CN(C)C(=O)[C@@H](Cc3ccccc3)NC(=O)[C@H](CCc3ccc(O)cc3)N(C)C(=O)COc3cccc2c3)cc1OC. The van der Waals surface area contributed by atoms with Crippen LogP contribution >= 0.6 is 0 Å². The number of carbonyl (C=O) groups excluding carboxylic acids is 9. The van der Waals surface area contributed by atoms with Gasteiger partial charge in [-0.3, -0.25) is 33.6 Å². The molecule has 0 spiro atoms. The number of likely N-dealkylation sites (N-methyl/N-ethyl adjacent to an activating group) is 4. The van der Waals surface area contributed by atoms with Crippen molar-refractivity contribution in [2.24, 2.45) is 5.41 Å². The number of phenols is 1. The molecule has 484 valence electrons. The molecule has 7 rings (SSSR count). The summed E-state index contributed by atoms with van der Waals surface area (Å²) >= 11 is 0. The fourth-order valence-corrected chi connectivity index (χ4v) is 10.7. The number of amides is 6. The van der Waals surface area contributed by atoms with Crippen LogP contribution in [0.25, 0.3) is 0 Å². The van der Waals surface area contributed by atoms with Crippen LogP contribution in [-0.2, 0) is 78.3 Å². The van der Waals surface area contributed by atoms with Crippen LogP contribution in [0.3, 0.4) is 0 Å². The van der Waals surface area contributed by atoms with Crippen molar-refractivity contribution in [3.63, 3.8) is 0 Å². The molecule has 0 radical (unpaired) electrons. The number of rotatable bonds is 12. The lowest BCUT2D eigenvalue weighted by molar-refractivity contribution is -0.166. The molecule has 1 fully saturated rings. The van der Waals surface area contributed by atoms with Gasteiger partial charge in [0.2, 0.25) is 29.4 Å². The third-order valence-electron chi connectivity index (χ3n) is 16.1. The fourth-order valence-electron chi connectivity index (χ4n) is 10.7. The van der Waals surface area contributed by atoms with E-state index in [0.717, 1.165) is 27.7 Å². The number of phenolic OH excluding ortho intramolecular Hbond substituents is 1. The zero-order valence-corrected chi connectivity index (χ0v) is 53.0. The second-order valence-electron chi connectivity index (χ2n) is 23.5. The number of aromatic hydroxyl groups is 1. The molecule has 5 atom stereocenters. The molecule has 5 aromatic carbocycles. The summed E-state index contributed by atoms with van der Waals surface area (Å²) in [5.41, 5.74) is 1.93. The summed E-state index contributed by atoms with van der Waals surface area (Å²) in [6.45, 7) is 1.83. The quantitative estimate of drug-likeness (QED) is 0.109. The maximum atomic E-state index is 14.9. The number of nitrogens with zero attached hydrogens (tertiary/aromatic N) is 5. The first kappa shape index (κ1) is 68.9. The molecule has 0 aromatic heterocycles. The van der Waals surface area contributed by atoms with Crippen LogP contribution in [0.2, 0.25) is 0 Å². The molecule has 0 unspecified atom stereocenters. The highest BCUT2D eigenvalue weighted by Crippen LogP contribution is 2.32. The maximum absolute atomic E-state index is 14.9. The highest BCUT2D eigenvalue weighted by molar-refractivity contribution is 6.38. The summed E-state index contributed by atoms with van der Waals surface area (Å²) in [6.07, 6.45) is 2.81. The first-order valence-corrected chi connectivity index (χ1v) is 30.3. The minimum Gasteiger partial charge on any atom is -0.508 e. The minimum atomic E-state index is -1.54. The summed E-state index contributed by atoms with van der Waals surface area (Å²) in [6, 6.07) is 31.7. The van der Waals surface area contributed by atoms with Crippen molar-refractivity contribution in [2.45, 2.75) is 89.1 Å². The lowest BCUT2D eigenvalue weighted by Gasteiger charge is -2.39. The molecule has 3 N–H and O–H groups in total. The summed E-state index contributed by atoms with van der Waals surface area (Å²) in [5, 5.41) is 15.8. The van der Waals surface area contributed by atoms with E-state index in [1.54, 1.807) is 99.0 Å². The van der Waals surface area contributed by atoms with E-state index in [1.165, 1.54) is 75.1 Å². The number of esters is 2. The second-order valence-corrected chi connectivity index (χ2v) is 23.5. The van der Waals surface area contributed by atoms with E-state index in [4.69, 9.17) is 23.7 Å². The van der Waals surface area contributed by atoms with E-state index >= 15 is 0 Å². The largest absolute Gasteiger partial charge is 0.508 e. The van der Waals surface area contributed by atoms with Crippen molar-refractivity contribution in [1.29, 1.82) is 0 Å². The van der Waals surface area contributed by atoms with Gasteiger partial charge in [-0.05, 0) is 117 Å². The molecule has 6 amide bonds. The summed E-state index contributed by atoms with van der Waals surface area (Å²) in [7, 11) is 9.23. The molecule has 0 saturated carbocycles. The number of nitrogens with one attached hydrogen (secondary N) is 2. The van der Waals surface area contributed by atoms with Gasteiger partial charge >= 0.3 is 11.9 Å². The van der Waals surface area contributed by atoms with Gasteiger partial charge in [0.15, 0.2) is 18.1 Å². The normalized spacial score (nSPS) is 21.1. The average Bonchev–Trinajstić information content (AvgIpc) is 1.03. The number of ether oxygens (including phenoxy) is 5. The number of cyclic esters (lactones) is 2. The number of fused-ring (bicyclic) bond motifs is 3. The zero-order valence-electron chi connectivity index (χ0n) is 53.0. The van der Waals surface area contributed by atoms with Crippen LogP contribution in [0.15, 0.2) is 140 Å². The third-order valence-corrected chi connectivity index (χ3v) is 16.1. The van der Waals surface area contributed by atoms with Gasteiger partial charge in [-0.2, -0.15) is 0 Å². The Morgan fingerprint density at radius 3 is 1.92 bits per heavy atom. The molecular weight excluding hydrogens is 1170 g/mol. The van der Waals surface area contributed by atoms with Gasteiger partial charge in [-0.1, -0.05) is 97.1 Å². The topological polar surface area (TPSA) is 260 Å². The van der Waals surface area contributed by atoms with Gasteiger partial charge in [0.25, 0.3) is 11.8 Å². The smallest absolute Gasteiger partial charge is 0.330 e. The van der Waals surface area contributed by atoms with E-state index in [9.17, 15) is 48.3 Å². The molecule has 91 heavy (non-hydrogen) atoms. The molecule has 2 aliphatic heterocycles. The van der Waals surface area contributed by atoms with Crippen LogP contribution in [0, 0.1) is 5.41 Å². The van der Waals surface area contributed by atoms with E-state index in [-0.39, 0.29) is 69.7 Å². The van der Waals surface area contributed by atoms with Crippen LogP contribution in [-0.4, -0.2) is 195 Å². The molecule has 5 aromatic rings. The summed E-state index contributed by atoms with van der Waals surface area (Å²) in [4.78, 5) is 135. The van der Waals surface area contributed by atoms with Gasteiger partial charge in [-0.15, -0.1) is 0 Å². The van der Waals surface area contributed by atoms with Gasteiger partial charge in [0, 0.05) is 66.2 Å². The standard InChI is InChI=1S/C69H83N7O15/c1-69(2)45-90-62(80)24-15-16-35-73(4)65(83)53(38-47-18-11-9-12-19-47)70-60(78)43-74(5)66(84)54(39-48-20-13-10-14-21-48)71-64(82)55(32-27-46-25-30-51(77)31-26-46)75(6)61(79)44-89-52-23-17-22-50(41-52)57(33-28-49-29-34-58(87-7)59(40-49)88-8)91-68(86)56-42-72(3)36-37-76(56)67(85)63(69)81/h9-15,17-26,29-31,34,40-41,53-57,77H,16,27-28,32-33,35-39,42-45H2,1-8H3,(H,70,78)(H,71,82)/t53-,54-,55+,56+,57-/m1/s1. The number of benzene rings is 5. The van der Waals surface area contributed by atoms with Crippen LogP contribution in [0.4, 0.5) is 0 Å². The van der Waals surface area contributed by atoms with Crippen LogP contribution < -0.4 is 24.8 Å². The number of piperazine rings is 1. The van der Waals surface area contributed by atoms with Crippen LogP contribution in [0.1, 0.15) is 67.0 Å². The Labute approximate surface area is 531 Å². The van der Waals surface area contributed by atoms with E-state index < -0.39 is 109 Å². The van der Waals surface area contributed by atoms with E-state index in [0.29, 0.717) is 35.6 Å². The Bertz CT molecular complexity index is 3380. The first-order chi connectivity index (χ1) is 43.5. The predicted molar refractivity (Wildman–Crippen MR) is 338 cm³/mol. The number of carbonyl (C=O) groups is 9.